The number of halogens is 1. The molecule has 0 aromatic carbocycles. The van der Waals surface area contributed by atoms with Crippen molar-refractivity contribution in [2.75, 3.05) is 14.2 Å². The molecule has 1 aromatic rings. The highest BCUT2D eigenvalue weighted by Gasteiger charge is 2.09. The molecule has 114 valence electrons. The lowest BCUT2D eigenvalue weighted by atomic mass is 10.1. The van der Waals surface area contributed by atoms with E-state index in [0.29, 0.717) is 24.4 Å². The lowest BCUT2D eigenvalue weighted by molar-refractivity contribution is 0.391. The van der Waals surface area contributed by atoms with Gasteiger partial charge in [-0.2, -0.15) is 0 Å². The van der Waals surface area contributed by atoms with Crippen molar-refractivity contribution in [1.82, 2.24) is 15.6 Å². The van der Waals surface area contributed by atoms with Crippen molar-refractivity contribution in [1.29, 1.82) is 0 Å². The lowest BCUT2D eigenvalue weighted by Gasteiger charge is -2.21. The van der Waals surface area contributed by atoms with E-state index in [4.69, 9.17) is 4.74 Å². The van der Waals surface area contributed by atoms with Gasteiger partial charge >= 0.3 is 0 Å². The first-order valence-corrected chi connectivity index (χ1v) is 6.53. The van der Waals surface area contributed by atoms with Crippen molar-refractivity contribution in [2.45, 2.75) is 33.4 Å². The summed E-state index contributed by atoms with van der Waals surface area (Å²) in [6.07, 6.45) is 1.72. The quantitative estimate of drug-likeness (QED) is 0.459. The van der Waals surface area contributed by atoms with Crippen LogP contribution in [0.15, 0.2) is 23.3 Å². The monoisotopic (exact) mass is 392 g/mol. The number of guanidine groups is 1. The Morgan fingerprint density at radius 2 is 2.10 bits per heavy atom. The van der Waals surface area contributed by atoms with E-state index >= 15 is 0 Å². The van der Waals surface area contributed by atoms with Gasteiger partial charge in [-0.25, -0.2) is 4.98 Å². The van der Waals surface area contributed by atoms with Crippen LogP contribution in [-0.4, -0.2) is 31.1 Å². The number of ether oxygens (including phenoxy) is 1. The zero-order valence-corrected chi connectivity index (χ0v) is 15.1. The predicted octanol–water partition coefficient (Wildman–Crippen LogP) is 2.42. The summed E-state index contributed by atoms with van der Waals surface area (Å²) < 4.78 is 5.22. The molecule has 20 heavy (non-hydrogen) atoms. The van der Waals surface area contributed by atoms with Crippen LogP contribution in [0.4, 0.5) is 0 Å². The minimum absolute atomic E-state index is 0. The summed E-state index contributed by atoms with van der Waals surface area (Å²) in [5.74, 6) is 1.97. The standard InChI is InChI=1S/C14H24N4O.HI/c1-10(2)11(3)18-14(15-4)17-9-12-7-6-8-16-13(12)19-5;/h6-8,10-11H,9H2,1-5H3,(H2,15,17,18);1H. The minimum Gasteiger partial charge on any atom is -0.481 e. The summed E-state index contributed by atoms with van der Waals surface area (Å²) in [5.41, 5.74) is 1.00. The third-order valence-corrected chi connectivity index (χ3v) is 3.08. The number of aliphatic imine (C=N–C) groups is 1. The third-order valence-electron chi connectivity index (χ3n) is 3.08. The average Bonchev–Trinajstić information content (AvgIpc) is 2.43. The highest BCUT2D eigenvalue weighted by molar-refractivity contribution is 14.0. The van der Waals surface area contributed by atoms with Crippen molar-refractivity contribution in [3.05, 3.63) is 23.9 Å². The normalized spacial score (nSPS) is 12.6. The summed E-state index contributed by atoms with van der Waals surface area (Å²) in [4.78, 5) is 8.38. The molecule has 2 N–H and O–H groups in total. The molecular weight excluding hydrogens is 367 g/mol. The summed E-state index contributed by atoms with van der Waals surface area (Å²) in [7, 11) is 3.39. The molecule has 1 rings (SSSR count). The molecule has 0 aliphatic carbocycles. The summed E-state index contributed by atoms with van der Waals surface area (Å²) in [6.45, 7) is 7.12. The van der Waals surface area contributed by atoms with E-state index in [0.717, 1.165) is 11.5 Å². The second kappa shape index (κ2) is 9.79. The third kappa shape index (κ3) is 5.94. The highest BCUT2D eigenvalue weighted by Crippen LogP contribution is 2.12. The van der Waals surface area contributed by atoms with E-state index in [1.807, 2.05) is 12.1 Å². The van der Waals surface area contributed by atoms with E-state index in [1.165, 1.54) is 0 Å². The Labute approximate surface area is 138 Å². The fraction of sp³-hybridized carbons (Fsp3) is 0.571. The molecule has 0 saturated heterocycles. The molecule has 0 bridgehead atoms. The first kappa shape index (κ1) is 18.9. The van der Waals surface area contributed by atoms with Gasteiger partial charge in [0.15, 0.2) is 5.96 Å². The molecule has 0 saturated carbocycles. The Kier molecular flexibility index (Phi) is 9.28. The molecule has 1 aromatic heterocycles. The lowest BCUT2D eigenvalue weighted by Crippen LogP contribution is -2.43. The van der Waals surface area contributed by atoms with Gasteiger partial charge in [0, 0.05) is 31.4 Å². The average molecular weight is 392 g/mol. The predicted molar refractivity (Wildman–Crippen MR) is 93.8 cm³/mol. The molecule has 1 atom stereocenters. The molecule has 0 aliphatic heterocycles. The molecular formula is C14H25IN4O. The minimum atomic E-state index is 0. The number of methoxy groups -OCH3 is 1. The van der Waals surface area contributed by atoms with Crippen LogP contribution in [0.1, 0.15) is 26.3 Å². The number of nitrogens with one attached hydrogen (secondary N) is 2. The summed E-state index contributed by atoms with van der Waals surface area (Å²) in [6, 6.07) is 4.24. The van der Waals surface area contributed by atoms with Crippen LogP contribution in [0.2, 0.25) is 0 Å². The van der Waals surface area contributed by atoms with Gasteiger partial charge in [0.1, 0.15) is 0 Å². The number of aromatic nitrogens is 1. The van der Waals surface area contributed by atoms with Gasteiger partial charge in [0.05, 0.1) is 7.11 Å². The summed E-state index contributed by atoms with van der Waals surface area (Å²) >= 11 is 0. The summed E-state index contributed by atoms with van der Waals surface area (Å²) in [5, 5.41) is 6.62. The van der Waals surface area contributed by atoms with E-state index in [2.05, 4.69) is 41.4 Å². The maximum Gasteiger partial charge on any atom is 0.218 e. The van der Waals surface area contributed by atoms with Gasteiger partial charge in [-0.3, -0.25) is 4.99 Å². The van der Waals surface area contributed by atoms with E-state index in [9.17, 15) is 0 Å². The van der Waals surface area contributed by atoms with Gasteiger partial charge < -0.3 is 15.4 Å². The molecule has 0 aliphatic rings. The zero-order valence-electron chi connectivity index (χ0n) is 12.8. The SMILES string of the molecule is CN=C(NCc1cccnc1OC)NC(C)C(C)C.I. The van der Waals surface area contributed by atoms with Crippen molar-refractivity contribution in [2.24, 2.45) is 10.9 Å². The van der Waals surface area contributed by atoms with Crippen LogP contribution in [0.3, 0.4) is 0 Å². The van der Waals surface area contributed by atoms with Gasteiger partial charge in [-0.15, -0.1) is 24.0 Å². The molecule has 1 heterocycles. The smallest absolute Gasteiger partial charge is 0.218 e. The van der Waals surface area contributed by atoms with Crippen molar-refractivity contribution >= 4 is 29.9 Å². The first-order valence-electron chi connectivity index (χ1n) is 6.53. The maximum atomic E-state index is 5.22. The zero-order chi connectivity index (χ0) is 14.3. The molecule has 0 radical (unpaired) electrons. The molecule has 0 spiro atoms. The van der Waals surface area contributed by atoms with Crippen LogP contribution >= 0.6 is 24.0 Å². The Bertz CT molecular complexity index is 423. The van der Waals surface area contributed by atoms with Gasteiger partial charge in [0.2, 0.25) is 5.88 Å². The van der Waals surface area contributed by atoms with Crippen LogP contribution < -0.4 is 15.4 Å². The topological polar surface area (TPSA) is 58.5 Å². The van der Waals surface area contributed by atoms with Gasteiger partial charge in [-0.1, -0.05) is 19.9 Å². The largest absolute Gasteiger partial charge is 0.481 e. The van der Waals surface area contributed by atoms with Crippen LogP contribution in [0, 0.1) is 5.92 Å². The van der Waals surface area contributed by atoms with E-state index in [1.54, 1.807) is 20.4 Å². The van der Waals surface area contributed by atoms with Crippen molar-refractivity contribution < 1.29 is 4.74 Å². The number of hydrogen-bond acceptors (Lipinski definition) is 3. The van der Waals surface area contributed by atoms with Crippen LogP contribution in [0.5, 0.6) is 5.88 Å². The molecule has 0 amide bonds. The molecule has 5 nitrogen and oxygen atoms in total. The van der Waals surface area contributed by atoms with Crippen LogP contribution in [-0.2, 0) is 6.54 Å². The molecule has 1 unspecified atom stereocenters. The van der Waals surface area contributed by atoms with Crippen LogP contribution in [0.25, 0.3) is 0 Å². The van der Waals surface area contributed by atoms with E-state index in [-0.39, 0.29) is 24.0 Å². The second-order valence-corrected chi connectivity index (χ2v) is 4.77. The highest BCUT2D eigenvalue weighted by atomic mass is 127. The Morgan fingerprint density at radius 1 is 1.40 bits per heavy atom. The Morgan fingerprint density at radius 3 is 2.65 bits per heavy atom. The molecule has 0 fully saturated rings. The number of pyridine rings is 1. The fourth-order valence-corrected chi connectivity index (χ4v) is 1.50. The Balaban J connectivity index is 0.00000361. The number of nitrogens with zero attached hydrogens (tertiary/aromatic N) is 2. The van der Waals surface area contributed by atoms with Gasteiger partial charge in [-0.05, 0) is 18.9 Å². The number of rotatable bonds is 5. The Hall–Kier alpha value is -1.05. The number of hydrogen-bond donors (Lipinski definition) is 2. The van der Waals surface area contributed by atoms with E-state index < -0.39 is 0 Å². The maximum absolute atomic E-state index is 5.22. The molecule has 6 heteroatoms. The second-order valence-electron chi connectivity index (χ2n) is 4.77. The fourth-order valence-electron chi connectivity index (χ4n) is 1.50. The van der Waals surface area contributed by atoms with Crippen molar-refractivity contribution in [3.63, 3.8) is 0 Å². The first-order chi connectivity index (χ1) is 9.08. The van der Waals surface area contributed by atoms with Gasteiger partial charge in [0.25, 0.3) is 0 Å². The van der Waals surface area contributed by atoms with Crippen molar-refractivity contribution in [3.8, 4) is 5.88 Å².